The van der Waals surface area contributed by atoms with Crippen LogP contribution in [-0.4, -0.2) is 38.4 Å². The molecular weight excluding hydrogens is 280 g/mol. The molecule has 0 fully saturated rings. The van der Waals surface area contributed by atoms with Crippen molar-refractivity contribution in [2.24, 2.45) is 7.05 Å². The average molecular weight is 291 g/mol. The predicted molar refractivity (Wildman–Crippen MR) is 62.6 cm³/mol. The van der Waals surface area contributed by atoms with Gasteiger partial charge in [0, 0.05) is 10.7 Å². The summed E-state index contributed by atoms with van der Waals surface area (Å²) in [6.45, 7) is 3.46. The van der Waals surface area contributed by atoms with Gasteiger partial charge in [0.05, 0.1) is 18.4 Å². The Morgan fingerprint density at radius 1 is 1.28 bits per heavy atom. The molecule has 2 rings (SSSR count). The normalized spacial score (nSPS) is 12.0. The summed E-state index contributed by atoms with van der Waals surface area (Å²) in [7, 11) is 3.20. The number of rotatable bonds is 3. The molecule has 0 bridgehead atoms. The third kappa shape index (κ3) is 2.36. The highest BCUT2D eigenvalue weighted by Crippen LogP contribution is 2.23. The van der Waals surface area contributed by atoms with Crippen molar-refractivity contribution in [1.82, 2.24) is 30.0 Å². The third-order valence-electron chi connectivity index (χ3n) is 2.40. The van der Waals surface area contributed by atoms with Gasteiger partial charge in [-0.3, -0.25) is 4.68 Å². The molecule has 0 aliphatic carbocycles. The molecule has 8 nitrogen and oxygen atoms in total. The Morgan fingerprint density at radius 3 is 2.39 bits per heavy atom. The number of aromatic nitrogens is 6. The first-order valence-electron chi connectivity index (χ1n) is 5.00. The van der Waals surface area contributed by atoms with Gasteiger partial charge in [-0.05, 0) is 19.1 Å². The van der Waals surface area contributed by atoms with Crippen molar-refractivity contribution in [2.75, 3.05) is 0 Å². The lowest BCUT2D eigenvalue weighted by molar-refractivity contribution is 0.603. The van der Waals surface area contributed by atoms with Crippen molar-refractivity contribution < 1.29 is 8.42 Å². The van der Waals surface area contributed by atoms with Crippen LogP contribution in [0.3, 0.4) is 0 Å². The second-order valence-electron chi connectivity index (χ2n) is 3.79. The van der Waals surface area contributed by atoms with Crippen LogP contribution in [0.4, 0.5) is 0 Å². The van der Waals surface area contributed by atoms with Crippen molar-refractivity contribution in [3.63, 3.8) is 0 Å². The Kier molecular flexibility index (Phi) is 3.11. The average Bonchev–Trinajstić information content (AvgIpc) is 2.71. The molecule has 0 radical (unpaired) electrons. The van der Waals surface area contributed by atoms with E-state index in [0.29, 0.717) is 17.2 Å². The molecule has 0 N–H and O–H groups in total. The summed E-state index contributed by atoms with van der Waals surface area (Å²) in [6, 6.07) is 0. The molecule has 0 aliphatic heterocycles. The molecule has 0 spiro atoms. The number of aryl methyl sites for hydroxylation is 2. The van der Waals surface area contributed by atoms with Gasteiger partial charge < -0.3 is 0 Å². The Balaban J connectivity index is 2.42. The molecule has 0 aliphatic rings. The Bertz CT molecular complexity index is 689. The molecular formula is C8H11ClN6O2S. The van der Waals surface area contributed by atoms with E-state index in [1.165, 1.54) is 9.48 Å². The van der Waals surface area contributed by atoms with Gasteiger partial charge >= 0.3 is 0 Å². The van der Waals surface area contributed by atoms with Gasteiger partial charge in [0.2, 0.25) is 0 Å². The summed E-state index contributed by atoms with van der Waals surface area (Å²) in [5.41, 5.74) is 0.807. The van der Waals surface area contributed by atoms with Crippen LogP contribution in [0.5, 0.6) is 0 Å². The molecule has 2 aromatic rings. The molecule has 2 heterocycles. The van der Waals surface area contributed by atoms with Crippen LogP contribution in [0, 0.1) is 13.8 Å². The van der Waals surface area contributed by atoms with Gasteiger partial charge in [0.25, 0.3) is 9.05 Å². The molecule has 2 aromatic heterocycles. The summed E-state index contributed by atoms with van der Waals surface area (Å²) >= 11 is 0. The highest BCUT2D eigenvalue weighted by molar-refractivity contribution is 8.13. The van der Waals surface area contributed by atoms with Crippen LogP contribution in [0.1, 0.15) is 17.2 Å². The van der Waals surface area contributed by atoms with Crippen LogP contribution in [-0.2, 0) is 22.6 Å². The van der Waals surface area contributed by atoms with Crippen molar-refractivity contribution in [3.05, 3.63) is 17.2 Å². The SMILES string of the molecule is Cc1nn(Cc2nnn(C)n2)c(C)c1S(=O)(=O)Cl. The Morgan fingerprint density at radius 2 is 1.94 bits per heavy atom. The summed E-state index contributed by atoms with van der Waals surface area (Å²) in [5.74, 6) is 0.446. The third-order valence-corrected chi connectivity index (χ3v) is 3.94. The maximum Gasteiger partial charge on any atom is 0.264 e. The molecule has 0 saturated carbocycles. The highest BCUT2D eigenvalue weighted by atomic mass is 35.7. The maximum absolute atomic E-state index is 11.4. The van der Waals surface area contributed by atoms with Gasteiger partial charge in [-0.25, -0.2) is 8.42 Å². The lowest BCUT2D eigenvalue weighted by Crippen LogP contribution is -2.06. The molecule has 18 heavy (non-hydrogen) atoms. The largest absolute Gasteiger partial charge is 0.264 e. The number of halogens is 1. The molecule has 0 saturated heterocycles. The zero-order valence-corrected chi connectivity index (χ0v) is 11.6. The molecule has 98 valence electrons. The highest BCUT2D eigenvalue weighted by Gasteiger charge is 2.22. The minimum atomic E-state index is -3.80. The predicted octanol–water partition coefficient (Wildman–Crippen LogP) is -0.000760. The zero-order valence-electron chi connectivity index (χ0n) is 9.99. The van der Waals surface area contributed by atoms with Crippen LogP contribution in [0.25, 0.3) is 0 Å². The van der Waals surface area contributed by atoms with E-state index in [-0.39, 0.29) is 11.4 Å². The minimum Gasteiger partial charge on any atom is -0.260 e. The molecule has 0 aromatic carbocycles. The van der Waals surface area contributed by atoms with E-state index >= 15 is 0 Å². The lowest BCUT2D eigenvalue weighted by Gasteiger charge is -2.00. The van der Waals surface area contributed by atoms with Crippen LogP contribution in [0.15, 0.2) is 4.90 Å². The standard InChI is InChI=1S/C8H11ClN6O2S/c1-5-8(18(9,16)17)6(2)15(11-5)4-7-10-13-14(3)12-7/h4H2,1-3H3. The number of hydrogen-bond donors (Lipinski definition) is 0. The fraction of sp³-hybridized carbons (Fsp3) is 0.500. The zero-order chi connectivity index (χ0) is 13.5. The van der Waals surface area contributed by atoms with Gasteiger partial charge in [-0.1, -0.05) is 0 Å². The Hall–Kier alpha value is -1.48. The lowest BCUT2D eigenvalue weighted by atomic mass is 10.4. The summed E-state index contributed by atoms with van der Waals surface area (Å²) in [6.07, 6.45) is 0. The van der Waals surface area contributed by atoms with Crippen molar-refractivity contribution >= 4 is 19.7 Å². The van der Waals surface area contributed by atoms with Crippen LogP contribution in [0.2, 0.25) is 0 Å². The van der Waals surface area contributed by atoms with Crippen LogP contribution >= 0.6 is 10.7 Å². The van der Waals surface area contributed by atoms with E-state index in [4.69, 9.17) is 10.7 Å². The van der Waals surface area contributed by atoms with Crippen molar-refractivity contribution in [3.8, 4) is 0 Å². The number of tetrazole rings is 1. The monoisotopic (exact) mass is 290 g/mol. The van der Waals surface area contributed by atoms with Gasteiger partial charge in [-0.2, -0.15) is 9.90 Å². The first-order chi connectivity index (χ1) is 8.29. The van der Waals surface area contributed by atoms with E-state index in [0.717, 1.165) is 0 Å². The fourth-order valence-corrected chi connectivity index (χ4v) is 3.23. The van der Waals surface area contributed by atoms with Gasteiger partial charge in [0.1, 0.15) is 11.4 Å². The van der Waals surface area contributed by atoms with E-state index in [1.807, 2.05) is 0 Å². The first kappa shape index (κ1) is 13.0. The van der Waals surface area contributed by atoms with E-state index in [2.05, 4.69) is 20.5 Å². The smallest absolute Gasteiger partial charge is 0.260 e. The summed E-state index contributed by atoms with van der Waals surface area (Å²) in [4.78, 5) is 1.35. The second kappa shape index (κ2) is 4.32. The summed E-state index contributed by atoms with van der Waals surface area (Å²) < 4.78 is 24.3. The van der Waals surface area contributed by atoms with E-state index in [1.54, 1.807) is 20.9 Å². The number of nitrogens with zero attached hydrogens (tertiary/aromatic N) is 6. The van der Waals surface area contributed by atoms with E-state index in [9.17, 15) is 8.42 Å². The molecule has 0 atom stereocenters. The van der Waals surface area contributed by atoms with Crippen molar-refractivity contribution in [1.29, 1.82) is 0 Å². The molecule has 10 heteroatoms. The topological polar surface area (TPSA) is 95.6 Å². The number of hydrogen-bond acceptors (Lipinski definition) is 6. The molecule has 0 amide bonds. The quantitative estimate of drug-likeness (QED) is 0.738. The first-order valence-corrected chi connectivity index (χ1v) is 7.31. The second-order valence-corrected chi connectivity index (χ2v) is 6.29. The molecule has 0 unspecified atom stereocenters. The van der Waals surface area contributed by atoms with Gasteiger partial charge in [-0.15, -0.1) is 10.2 Å². The summed E-state index contributed by atoms with van der Waals surface area (Å²) in [5, 5.41) is 15.6. The Labute approximate surface area is 108 Å². The van der Waals surface area contributed by atoms with Crippen molar-refractivity contribution in [2.45, 2.75) is 25.3 Å². The maximum atomic E-state index is 11.4. The fourth-order valence-electron chi connectivity index (χ4n) is 1.71. The van der Waals surface area contributed by atoms with Gasteiger partial charge in [0.15, 0.2) is 5.82 Å². The van der Waals surface area contributed by atoms with Crippen LogP contribution < -0.4 is 0 Å². The van der Waals surface area contributed by atoms with E-state index < -0.39 is 9.05 Å². The minimum absolute atomic E-state index is 0.0352.